The minimum Gasteiger partial charge on any atom is -0.497 e. The van der Waals surface area contributed by atoms with Crippen LogP contribution >= 0.6 is 0 Å². The summed E-state index contributed by atoms with van der Waals surface area (Å²) in [5.41, 5.74) is 2.49. The van der Waals surface area contributed by atoms with Crippen molar-refractivity contribution in [3.8, 4) is 23.0 Å². The van der Waals surface area contributed by atoms with Crippen LogP contribution in [-0.4, -0.2) is 28.7 Å². The molecule has 0 unspecified atom stereocenters. The van der Waals surface area contributed by atoms with E-state index in [0.29, 0.717) is 18.1 Å². The van der Waals surface area contributed by atoms with Crippen LogP contribution in [0.3, 0.4) is 0 Å². The molecule has 0 bridgehead atoms. The molecule has 0 aliphatic carbocycles. The van der Waals surface area contributed by atoms with E-state index < -0.39 is 0 Å². The average Bonchev–Trinajstić information content (AvgIpc) is 2.91. The molecule has 2 aromatic heterocycles. The van der Waals surface area contributed by atoms with Gasteiger partial charge in [-0.05, 0) is 25.1 Å². The number of hydrogen-bond acceptors (Lipinski definition) is 4. The zero-order chi connectivity index (χ0) is 13.9. The molecule has 3 aromatic rings. The van der Waals surface area contributed by atoms with E-state index in [2.05, 4.69) is 15.0 Å². The zero-order valence-corrected chi connectivity index (χ0v) is 11.4. The van der Waals surface area contributed by atoms with Crippen molar-refractivity contribution >= 4 is 11.2 Å². The Labute approximate surface area is 116 Å². The second kappa shape index (κ2) is 5.21. The van der Waals surface area contributed by atoms with E-state index in [1.807, 2.05) is 43.3 Å². The Hall–Kier alpha value is -2.56. The minimum absolute atomic E-state index is 0.587. The predicted molar refractivity (Wildman–Crippen MR) is 77.0 cm³/mol. The van der Waals surface area contributed by atoms with E-state index in [4.69, 9.17) is 9.47 Å². The molecule has 3 rings (SSSR count). The number of imidazole rings is 1. The lowest BCUT2D eigenvalue weighted by Gasteiger charge is -2.01. The number of fused-ring (bicyclic) bond motifs is 1. The molecular formula is C15H15N3O2. The van der Waals surface area contributed by atoms with E-state index in [-0.39, 0.29) is 0 Å². The first-order valence-electron chi connectivity index (χ1n) is 6.44. The number of H-pyrrole nitrogens is 1. The highest BCUT2D eigenvalue weighted by atomic mass is 16.5. The van der Waals surface area contributed by atoms with Gasteiger partial charge in [0, 0.05) is 11.6 Å². The quantitative estimate of drug-likeness (QED) is 0.790. The van der Waals surface area contributed by atoms with Crippen molar-refractivity contribution < 1.29 is 9.47 Å². The Bertz CT molecular complexity index is 737. The van der Waals surface area contributed by atoms with Crippen LogP contribution in [0.15, 0.2) is 36.4 Å². The molecule has 1 aromatic carbocycles. The van der Waals surface area contributed by atoms with Gasteiger partial charge in [0.15, 0.2) is 5.65 Å². The first-order chi connectivity index (χ1) is 9.80. The second-order valence-corrected chi connectivity index (χ2v) is 4.27. The summed E-state index contributed by atoms with van der Waals surface area (Å²) < 4.78 is 10.6. The van der Waals surface area contributed by atoms with E-state index in [1.54, 1.807) is 7.11 Å². The number of pyridine rings is 1. The van der Waals surface area contributed by atoms with Gasteiger partial charge in [-0.25, -0.2) is 4.98 Å². The number of benzene rings is 1. The summed E-state index contributed by atoms with van der Waals surface area (Å²) in [6, 6.07) is 11.5. The van der Waals surface area contributed by atoms with Crippen molar-refractivity contribution in [2.24, 2.45) is 0 Å². The molecule has 0 fully saturated rings. The van der Waals surface area contributed by atoms with Crippen LogP contribution in [-0.2, 0) is 0 Å². The summed E-state index contributed by atoms with van der Waals surface area (Å²) in [4.78, 5) is 12.1. The fourth-order valence-electron chi connectivity index (χ4n) is 2.01. The summed E-state index contributed by atoms with van der Waals surface area (Å²) in [6.07, 6.45) is 0. The number of ether oxygens (including phenoxy) is 2. The molecule has 0 atom stereocenters. The number of aromatic nitrogens is 3. The Morgan fingerprint density at radius 2 is 2.05 bits per heavy atom. The largest absolute Gasteiger partial charge is 0.497 e. The molecule has 0 spiro atoms. The van der Waals surface area contributed by atoms with Crippen LogP contribution in [0.25, 0.3) is 22.6 Å². The van der Waals surface area contributed by atoms with Crippen LogP contribution in [0.2, 0.25) is 0 Å². The van der Waals surface area contributed by atoms with Crippen molar-refractivity contribution in [3.05, 3.63) is 36.4 Å². The van der Waals surface area contributed by atoms with E-state index in [1.165, 1.54) is 0 Å². The van der Waals surface area contributed by atoms with Gasteiger partial charge in [0.25, 0.3) is 0 Å². The number of aromatic amines is 1. The van der Waals surface area contributed by atoms with E-state index >= 15 is 0 Å². The van der Waals surface area contributed by atoms with Gasteiger partial charge in [-0.15, -0.1) is 0 Å². The molecule has 1 N–H and O–H groups in total. The number of methoxy groups -OCH3 is 1. The highest BCUT2D eigenvalue weighted by Crippen LogP contribution is 2.24. The Balaban J connectivity index is 2.03. The molecule has 0 amide bonds. The van der Waals surface area contributed by atoms with Gasteiger partial charge in [0.1, 0.15) is 11.6 Å². The van der Waals surface area contributed by atoms with Crippen molar-refractivity contribution in [2.45, 2.75) is 6.92 Å². The molecule has 0 radical (unpaired) electrons. The molecule has 20 heavy (non-hydrogen) atoms. The summed E-state index contributed by atoms with van der Waals surface area (Å²) in [5, 5.41) is 0. The third-order valence-electron chi connectivity index (χ3n) is 2.96. The maximum atomic E-state index is 5.38. The fraction of sp³-hybridized carbons (Fsp3) is 0.200. The first kappa shape index (κ1) is 12.5. The van der Waals surface area contributed by atoms with Gasteiger partial charge in [-0.3, -0.25) is 0 Å². The van der Waals surface area contributed by atoms with Crippen LogP contribution in [0.5, 0.6) is 11.6 Å². The Kier molecular flexibility index (Phi) is 3.25. The van der Waals surface area contributed by atoms with Gasteiger partial charge in [0.05, 0.1) is 19.2 Å². The number of hydrogen-bond donors (Lipinski definition) is 1. The van der Waals surface area contributed by atoms with Crippen molar-refractivity contribution in [3.63, 3.8) is 0 Å². The van der Waals surface area contributed by atoms with Crippen LogP contribution in [0, 0.1) is 0 Å². The maximum Gasteiger partial charge on any atom is 0.215 e. The third kappa shape index (κ3) is 2.30. The normalized spacial score (nSPS) is 10.7. The van der Waals surface area contributed by atoms with Crippen LogP contribution in [0.1, 0.15) is 6.92 Å². The average molecular weight is 269 g/mol. The molecule has 102 valence electrons. The first-order valence-corrected chi connectivity index (χ1v) is 6.44. The van der Waals surface area contributed by atoms with Gasteiger partial charge in [-0.2, -0.15) is 4.98 Å². The summed E-state index contributed by atoms with van der Waals surface area (Å²) in [7, 11) is 1.65. The lowest BCUT2D eigenvalue weighted by Crippen LogP contribution is -1.93. The monoisotopic (exact) mass is 269 g/mol. The highest BCUT2D eigenvalue weighted by molar-refractivity contribution is 5.76. The molecule has 0 saturated carbocycles. The lowest BCUT2D eigenvalue weighted by molar-refractivity contribution is 0.328. The van der Waals surface area contributed by atoms with Gasteiger partial charge >= 0.3 is 0 Å². The van der Waals surface area contributed by atoms with Crippen molar-refractivity contribution in [1.29, 1.82) is 0 Å². The number of nitrogens with one attached hydrogen (secondary N) is 1. The molecule has 5 nitrogen and oxygen atoms in total. The molecule has 0 aliphatic heterocycles. The van der Waals surface area contributed by atoms with Crippen LogP contribution in [0.4, 0.5) is 0 Å². The summed E-state index contributed by atoms with van der Waals surface area (Å²) >= 11 is 0. The minimum atomic E-state index is 0.587. The van der Waals surface area contributed by atoms with Crippen LogP contribution < -0.4 is 9.47 Å². The molecule has 0 aliphatic rings. The molecule has 0 saturated heterocycles. The van der Waals surface area contributed by atoms with Gasteiger partial charge < -0.3 is 14.5 Å². The molecule has 2 heterocycles. The third-order valence-corrected chi connectivity index (χ3v) is 2.96. The number of nitrogens with zero attached hydrogens (tertiary/aromatic N) is 2. The molecular weight excluding hydrogens is 254 g/mol. The van der Waals surface area contributed by atoms with Gasteiger partial charge in [-0.1, -0.05) is 12.1 Å². The Morgan fingerprint density at radius 3 is 2.85 bits per heavy atom. The smallest absolute Gasteiger partial charge is 0.215 e. The second-order valence-electron chi connectivity index (χ2n) is 4.27. The summed E-state index contributed by atoms with van der Waals surface area (Å²) in [6.45, 7) is 2.52. The summed E-state index contributed by atoms with van der Waals surface area (Å²) in [5.74, 6) is 2.15. The predicted octanol–water partition coefficient (Wildman–Crippen LogP) is 3.03. The van der Waals surface area contributed by atoms with E-state index in [9.17, 15) is 0 Å². The SMILES string of the molecule is CCOc1ccc2[nH]c(-c3cccc(OC)c3)nc2n1. The van der Waals surface area contributed by atoms with Crippen molar-refractivity contribution in [1.82, 2.24) is 15.0 Å². The highest BCUT2D eigenvalue weighted by Gasteiger charge is 2.08. The zero-order valence-electron chi connectivity index (χ0n) is 11.4. The fourth-order valence-corrected chi connectivity index (χ4v) is 2.01. The lowest BCUT2D eigenvalue weighted by atomic mass is 10.2. The topological polar surface area (TPSA) is 60.0 Å². The van der Waals surface area contributed by atoms with E-state index in [0.717, 1.165) is 22.7 Å². The standard InChI is InChI=1S/C15H15N3O2/c1-3-20-13-8-7-12-15(17-13)18-14(16-12)10-5-4-6-11(9-10)19-2/h4-9H,3H2,1-2H3,(H,16,17,18). The molecule has 5 heteroatoms. The van der Waals surface area contributed by atoms with Crippen molar-refractivity contribution in [2.75, 3.05) is 13.7 Å². The Morgan fingerprint density at radius 1 is 1.15 bits per heavy atom. The van der Waals surface area contributed by atoms with Gasteiger partial charge in [0.2, 0.25) is 5.88 Å². The number of rotatable bonds is 4. The maximum absolute atomic E-state index is 5.38.